The zero-order valence-corrected chi connectivity index (χ0v) is 17.5. The third-order valence-corrected chi connectivity index (χ3v) is 4.91. The van der Waals surface area contributed by atoms with Crippen molar-refractivity contribution < 1.29 is 14.3 Å². The van der Waals surface area contributed by atoms with Crippen molar-refractivity contribution in [1.82, 2.24) is 0 Å². The molecule has 0 heterocycles. The van der Waals surface area contributed by atoms with Gasteiger partial charge in [0.05, 0.1) is 29.9 Å². The van der Waals surface area contributed by atoms with Crippen molar-refractivity contribution >= 4 is 34.8 Å². The molecule has 6 heteroatoms. The summed E-state index contributed by atoms with van der Waals surface area (Å²) in [6.45, 7) is 3.25. The maximum atomic E-state index is 12.7. The highest BCUT2D eigenvalue weighted by Crippen LogP contribution is 2.26. The Morgan fingerprint density at radius 3 is 2.45 bits per heavy atom. The lowest BCUT2D eigenvalue weighted by Gasteiger charge is -2.13. The number of hydrogen-bond donors (Lipinski definition) is 1. The third-order valence-electron chi connectivity index (χ3n) is 4.17. The quantitative estimate of drug-likeness (QED) is 0.452. The SMILES string of the molecule is CCOc1ccc(C(=O)Nc2ccc(Cl)c(Cl)c2)cc1COCc1ccccc1. The van der Waals surface area contributed by atoms with Crippen molar-refractivity contribution in [3.05, 3.63) is 93.5 Å². The van der Waals surface area contributed by atoms with Gasteiger partial charge in [0.15, 0.2) is 0 Å². The highest BCUT2D eigenvalue weighted by Gasteiger charge is 2.12. The van der Waals surface area contributed by atoms with Crippen molar-refractivity contribution in [3.8, 4) is 5.75 Å². The van der Waals surface area contributed by atoms with Crippen LogP contribution in [-0.4, -0.2) is 12.5 Å². The Balaban J connectivity index is 1.72. The van der Waals surface area contributed by atoms with Crippen LogP contribution >= 0.6 is 23.2 Å². The van der Waals surface area contributed by atoms with Gasteiger partial charge < -0.3 is 14.8 Å². The molecular weight excluding hydrogens is 409 g/mol. The number of ether oxygens (including phenoxy) is 2. The fourth-order valence-corrected chi connectivity index (χ4v) is 3.06. The first-order valence-electron chi connectivity index (χ1n) is 9.20. The molecular formula is C23H21Cl2NO3. The van der Waals surface area contributed by atoms with E-state index >= 15 is 0 Å². The Bertz CT molecular complexity index is 977. The number of nitrogens with one attached hydrogen (secondary N) is 1. The molecule has 0 bridgehead atoms. The maximum absolute atomic E-state index is 12.7. The van der Waals surface area contributed by atoms with E-state index in [9.17, 15) is 4.79 Å². The van der Waals surface area contributed by atoms with Crippen LogP contribution in [-0.2, 0) is 18.0 Å². The van der Waals surface area contributed by atoms with Crippen LogP contribution in [0.2, 0.25) is 10.0 Å². The van der Waals surface area contributed by atoms with E-state index in [0.717, 1.165) is 11.1 Å². The average Bonchev–Trinajstić information content (AvgIpc) is 2.73. The molecule has 0 saturated carbocycles. The molecule has 29 heavy (non-hydrogen) atoms. The van der Waals surface area contributed by atoms with Gasteiger partial charge in [0, 0.05) is 16.8 Å². The number of carbonyl (C=O) groups is 1. The van der Waals surface area contributed by atoms with Gasteiger partial charge >= 0.3 is 0 Å². The number of hydrogen-bond acceptors (Lipinski definition) is 3. The second-order valence-corrected chi connectivity index (χ2v) is 7.13. The maximum Gasteiger partial charge on any atom is 0.255 e. The summed E-state index contributed by atoms with van der Waals surface area (Å²) in [6.07, 6.45) is 0. The summed E-state index contributed by atoms with van der Waals surface area (Å²) in [5, 5.41) is 3.64. The molecule has 4 nitrogen and oxygen atoms in total. The van der Waals surface area contributed by atoms with Crippen molar-refractivity contribution in [2.45, 2.75) is 20.1 Å². The molecule has 0 aliphatic rings. The molecule has 3 rings (SSSR count). The first-order valence-corrected chi connectivity index (χ1v) is 9.96. The number of anilines is 1. The molecule has 3 aromatic carbocycles. The van der Waals surface area contributed by atoms with Crippen LogP contribution in [0.3, 0.4) is 0 Å². The molecule has 1 amide bonds. The molecule has 0 aliphatic carbocycles. The highest BCUT2D eigenvalue weighted by molar-refractivity contribution is 6.42. The monoisotopic (exact) mass is 429 g/mol. The average molecular weight is 430 g/mol. The summed E-state index contributed by atoms with van der Waals surface area (Å²) >= 11 is 11.9. The van der Waals surface area contributed by atoms with Crippen molar-refractivity contribution in [1.29, 1.82) is 0 Å². The molecule has 0 saturated heterocycles. The van der Waals surface area contributed by atoms with E-state index in [4.69, 9.17) is 32.7 Å². The zero-order valence-electron chi connectivity index (χ0n) is 16.0. The number of carbonyl (C=O) groups excluding carboxylic acids is 1. The van der Waals surface area contributed by atoms with Crippen LogP contribution in [0.4, 0.5) is 5.69 Å². The van der Waals surface area contributed by atoms with E-state index in [1.165, 1.54) is 0 Å². The lowest BCUT2D eigenvalue weighted by molar-refractivity contribution is 0.101. The van der Waals surface area contributed by atoms with E-state index < -0.39 is 0 Å². The molecule has 0 spiro atoms. The number of amides is 1. The van der Waals surface area contributed by atoms with Gasteiger partial charge in [-0.15, -0.1) is 0 Å². The van der Waals surface area contributed by atoms with Crippen molar-refractivity contribution in [2.75, 3.05) is 11.9 Å². The summed E-state index contributed by atoms with van der Waals surface area (Å²) in [5.74, 6) is 0.447. The standard InChI is InChI=1S/C23H21Cl2NO3/c1-2-29-22-11-8-17(23(27)26-19-9-10-20(24)21(25)13-19)12-18(22)15-28-14-16-6-4-3-5-7-16/h3-13H,2,14-15H2,1H3,(H,26,27). The van der Waals surface area contributed by atoms with Crippen LogP contribution in [0.5, 0.6) is 5.75 Å². The molecule has 0 radical (unpaired) electrons. The second kappa shape index (κ2) is 10.3. The van der Waals surface area contributed by atoms with Gasteiger partial charge in [-0.05, 0) is 48.9 Å². The first kappa shape index (κ1) is 21.2. The minimum absolute atomic E-state index is 0.254. The zero-order chi connectivity index (χ0) is 20.6. The van der Waals surface area contributed by atoms with E-state index in [0.29, 0.717) is 46.9 Å². The lowest BCUT2D eigenvalue weighted by Crippen LogP contribution is -2.13. The predicted octanol–water partition coefficient (Wildman–Crippen LogP) is 6.36. The van der Waals surface area contributed by atoms with Crippen LogP contribution in [0.15, 0.2) is 66.7 Å². The number of benzene rings is 3. The normalized spacial score (nSPS) is 10.6. The van der Waals surface area contributed by atoms with E-state index in [-0.39, 0.29) is 5.91 Å². The van der Waals surface area contributed by atoms with Gasteiger partial charge in [0.1, 0.15) is 5.75 Å². The summed E-state index contributed by atoms with van der Waals surface area (Å²) in [6, 6.07) is 20.2. The van der Waals surface area contributed by atoms with E-state index in [1.807, 2.05) is 37.3 Å². The summed E-state index contributed by atoms with van der Waals surface area (Å²) < 4.78 is 11.5. The van der Waals surface area contributed by atoms with E-state index in [2.05, 4.69) is 5.32 Å². The number of rotatable bonds is 8. The van der Waals surface area contributed by atoms with Crippen LogP contribution in [0.25, 0.3) is 0 Å². The first-order chi connectivity index (χ1) is 14.1. The summed E-state index contributed by atoms with van der Waals surface area (Å²) in [7, 11) is 0. The van der Waals surface area contributed by atoms with Gasteiger partial charge in [-0.3, -0.25) is 4.79 Å². The highest BCUT2D eigenvalue weighted by atomic mass is 35.5. The molecule has 150 valence electrons. The summed E-state index contributed by atoms with van der Waals surface area (Å²) in [5.41, 5.74) is 2.96. The Kier molecular flexibility index (Phi) is 7.53. The Morgan fingerprint density at radius 1 is 0.931 bits per heavy atom. The fourth-order valence-electron chi connectivity index (χ4n) is 2.76. The molecule has 0 unspecified atom stereocenters. The lowest BCUT2D eigenvalue weighted by atomic mass is 10.1. The van der Waals surface area contributed by atoms with Gasteiger partial charge in [-0.2, -0.15) is 0 Å². The summed E-state index contributed by atoms with van der Waals surface area (Å²) in [4.78, 5) is 12.7. The van der Waals surface area contributed by atoms with Crippen molar-refractivity contribution in [2.24, 2.45) is 0 Å². The minimum Gasteiger partial charge on any atom is -0.494 e. The van der Waals surface area contributed by atoms with E-state index in [1.54, 1.807) is 36.4 Å². The van der Waals surface area contributed by atoms with Crippen LogP contribution in [0, 0.1) is 0 Å². The van der Waals surface area contributed by atoms with Gasteiger partial charge in [-0.1, -0.05) is 53.5 Å². The minimum atomic E-state index is -0.254. The van der Waals surface area contributed by atoms with Crippen molar-refractivity contribution in [3.63, 3.8) is 0 Å². The second-order valence-electron chi connectivity index (χ2n) is 6.32. The molecule has 0 aromatic heterocycles. The third kappa shape index (κ3) is 5.97. The van der Waals surface area contributed by atoms with Gasteiger partial charge in [0.2, 0.25) is 0 Å². The Morgan fingerprint density at radius 2 is 1.72 bits per heavy atom. The topological polar surface area (TPSA) is 47.6 Å². The fraction of sp³-hybridized carbons (Fsp3) is 0.174. The molecule has 1 N–H and O–H groups in total. The largest absolute Gasteiger partial charge is 0.494 e. The Hall–Kier alpha value is -2.53. The molecule has 0 atom stereocenters. The number of halogens is 2. The van der Waals surface area contributed by atoms with Gasteiger partial charge in [0.25, 0.3) is 5.91 Å². The predicted molar refractivity (Wildman–Crippen MR) is 117 cm³/mol. The molecule has 3 aromatic rings. The van der Waals surface area contributed by atoms with Crippen LogP contribution in [0.1, 0.15) is 28.4 Å². The molecule has 0 aliphatic heterocycles. The molecule has 0 fully saturated rings. The van der Waals surface area contributed by atoms with Gasteiger partial charge in [-0.25, -0.2) is 0 Å². The smallest absolute Gasteiger partial charge is 0.255 e. The van der Waals surface area contributed by atoms with Crippen LogP contribution < -0.4 is 10.1 Å². The Labute approximate surface area is 180 Å².